The number of hydrogen-bond acceptors (Lipinski definition) is 7. The number of amides is 2. The van der Waals surface area contributed by atoms with E-state index >= 15 is 0 Å². The predicted molar refractivity (Wildman–Crippen MR) is 106 cm³/mol. The summed E-state index contributed by atoms with van der Waals surface area (Å²) >= 11 is 2.53. The summed E-state index contributed by atoms with van der Waals surface area (Å²) in [5.74, 6) is -2.56. The SMILES string of the molecule is CC(=O)Nc1ncc(C2(C)CSC(C(=O)Nc3ccc(C(=O)O)c(F)c3)=N2)s1. The number of carbonyl (C=O) groups is 3. The minimum Gasteiger partial charge on any atom is -0.478 e. The number of aromatic nitrogens is 1. The molecule has 0 fully saturated rings. The van der Waals surface area contributed by atoms with Crippen molar-refractivity contribution in [3.63, 3.8) is 0 Å². The van der Waals surface area contributed by atoms with Crippen LogP contribution in [0.2, 0.25) is 0 Å². The fourth-order valence-corrected chi connectivity index (χ4v) is 4.55. The zero-order valence-electron chi connectivity index (χ0n) is 14.8. The van der Waals surface area contributed by atoms with Gasteiger partial charge in [0.25, 0.3) is 5.91 Å². The van der Waals surface area contributed by atoms with Gasteiger partial charge in [-0.05, 0) is 25.1 Å². The van der Waals surface area contributed by atoms with Crippen LogP contribution in [0, 0.1) is 5.82 Å². The van der Waals surface area contributed by atoms with Gasteiger partial charge in [0.2, 0.25) is 5.91 Å². The molecule has 0 aliphatic carbocycles. The quantitative estimate of drug-likeness (QED) is 0.681. The predicted octanol–water partition coefficient (Wildman–Crippen LogP) is 2.94. The lowest BCUT2D eigenvalue weighted by Gasteiger charge is -2.16. The van der Waals surface area contributed by atoms with E-state index in [-0.39, 0.29) is 16.6 Å². The van der Waals surface area contributed by atoms with Crippen molar-refractivity contribution >= 4 is 56.7 Å². The number of halogens is 1. The lowest BCUT2D eigenvalue weighted by molar-refractivity contribution is -0.114. The van der Waals surface area contributed by atoms with Gasteiger partial charge in [-0.15, -0.1) is 0 Å². The van der Waals surface area contributed by atoms with E-state index in [2.05, 4.69) is 20.6 Å². The maximum absolute atomic E-state index is 13.8. The van der Waals surface area contributed by atoms with Crippen molar-refractivity contribution in [1.82, 2.24) is 4.98 Å². The molecule has 8 nitrogen and oxygen atoms in total. The Labute approximate surface area is 167 Å². The highest BCUT2D eigenvalue weighted by Gasteiger charge is 2.37. The van der Waals surface area contributed by atoms with Crippen molar-refractivity contribution in [3.05, 3.63) is 40.7 Å². The van der Waals surface area contributed by atoms with Crippen LogP contribution in [-0.4, -0.2) is 38.7 Å². The maximum Gasteiger partial charge on any atom is 0.338 e. The highest BCUT2D eigenvalue weighted by Crippen LogP contribution is 2.40. The van der Waals surface area contributed by atoms with E-state index in [1.54, 1.807) is 6.20 Å². The van der Waals surface area contributed by atoms with Gasteiger partial charge in [0.05, 0.1) is 10.4 Å². The highest BCUT2D eigenvalue weighted by molar-refractivity contribution is 8.16. The Hall–Kier alpha value is -2.79. The minimum atomic E-state index is -1.38. The lowest BCUT2D eigenvalue weighted by Crippen LogP contribution is -2.20. The van der Waals surface area contributed by atoms with Crippen molar-refractivity contribution in [2.45, 2.75) is 19.4 Å². The van der Waals surface area contributed by atoms with Gasteiger partial charge in [-0.1, -0.05) is 23.1 Å². The first kappa shape index (κ1) is 20.0. The molecule has 1 unspecified atom stereocenters. The number of hydrogen-bond donors (Lipinski definition) is 3. The summed E-state index contributed by atoms with van der Waals surface area (Å²) in [7, 11) is 0. The van der Waals surface area contributed by atoms with Crippen LogP contribution in [-0.2, 0) is 15.1 Å². The molecule has 0 radical (unpaired) electrons. The van der Waals surface area contributed by atoms with Crippen molar-refractivity contribution < 1.29 is 23.9 Å². The molecule has 2 aromatic rings. The van der Waals surface area contributed by atoms with E-state index in [9.17, 15) is 18.8 Å². The minimum absolute atomic E-state index is 0.134. The molecule has 1 aromatic carbocycles. The Balaban J connectivity index is 1.74. The number of nitrogens with zero attached hydrogens (tertiary/aromatic N) is 2. The third-order valence-electron chi connectivity index (χ3n) is 3.81. The number of nitrogens with one attached hydrogen (secondary N) is 2. The van der Waals surface area contributed by atoms with Gasteiger partial charge in [-0.25, -0.2) is 14.2 Å². The molecular formula is C17H15FN4O4S2. The first-order valence-corrected chi connectivity index (χ1v) is 9.79. The molecule has 3 rings (SSSR count). The summed E-state index contributed by atoms with van der Waals surface area (Å²) in [5, 5.41) is 14.7. The van der Waals surface area contributed by atoms with Gasteiger partial charge in [0.1, 0.15) is 11.4 Å². The molecule has 11 heteroatoms. The summed E-state index contributed by atoms with van der Waals surface area (Å²) in [4.78, 5) is 43.8. The van der Waals surface area contributed by atoms with Crippen LogP contribution in [0.5, 0.6) is 0 Å². The molecule has 0 saturated carbocycles. The number of carboxylic acid groups (broad SMARTS) is 1. The molecule has 1 aliphatic rings. The normalized spacial score (nSPS) is 18.5. The topological polar surface area (TPSA) is 121 Å². The molecule has 0 bridgehead atoms. The van der Waals surface area contributed by atoms with E-state index in [4.69, 9.17) is 5.11 Å². The molecule has 2 heterocycles. The van der Waals surface area contributed by atoms with Crippen molar-refractivity contribution in [2.24, 2.45) is 4.99 Å². The van der Waals surface area contributed by atoms with Gasteiger partial charge in [-0.3, -0.25) is 14.6 Å². The molecule has 0 saturated heterocycles. The third kappa shape index (κ3) is 4.20. The summed E-state index contributed by atoms with van der Waals surface area (Å²) in [6, 6.07) is 3.35. The number of aromatic carboxylic acids is 1. The largest absolute Gasteiger partial charge is 0.478 e. The van der Waals surface area contributed by atoms with Crippen LogP contribution >= 0.6 is 23.1 Å². The third-order valence-corrected chi connectivity index (χ3v) is 6.23. The maximum atomic E-state index is 13.8. The molecule has 28 heavy (non-hydrogen) atoms. The van der Waals surface area contributed by atoms with E-state index in [1.165, 1.54) is 36.1 Å². The molecule has 2 amide bonds. The lowest BCUT2D eigenvalue weighted by atomic mass is 10.1. The monoisotopic (exact) mass is 422 g/mol. The average molecular weight is 422 g/mol. The zero-order chi connectivity index (χ0) is 20.5. The van der Waals surface area contributed by atoms with Gasteiger partial charge in [-0.2, -0.15) is 0 Å². The number of carbonyl (C=O) groups excluding carboxylic acids is 2. The van der Waals surface area contributed by atoms with E-state index < -0.39 is 28.8 Å². The van der Waals surface area contributed by atoms with E-state index in [0.717, 1.165) is 17.0 Å². The second kappa shape index (κ2) is 7.68. The zero-order valence-corrected chi connectivity index (χ0v) is 16.4. The smallest absolute Gasteiger partial charge is 0.338 e. The summed E-state index contributed by atoms with van der Waals surface area (Å²) in [6.07, 6.45) is 1.61. The first-order valence-electron chi connectivity index (χ1n) is 7.99. The number of thioether (sulfide) groups is 1. The summed E-state index contributed by atoms with van der Waals surface area (Å²) in [5.41, 5.74) is -1.02. The standard InChI is InChI=1S/C17H15FN4O4S2/c1-8(23)20-16-19-6-12(28-16)17(2)7-27-14(22-17)13(24)21-9-3-4-10(15(25)26)11(18)5-9/h3-6H,7H2,1-2H3,(H,21,24)(H,25,26)(H,19,20,23). The molecule has 1 atom stereocenters. The molecule has 146 valence electrons. The Morgan fingerprint density at radius 1 is 1.29 bits per heavy atom. The number of benzene rings is 1. The fourth-order valence-electron chi connectivity index (χ4n) is 2.42. The molecule has 3 N–H and O–H groups in total. The van der Waals surface area contributed by atoms with Gasteiger partial charge in [0.15, 0.2) is 10.2 Å². The number of rotatable bonds is 5. The fraction of sp³-hybridized carbons (Fsp3) is 0.235. The van der Waals surface area contributed by atoms with Crippen molar-refractivity contribution in [2.75, 3.05) is 16.4 Å². The Bertz CT molecular complexity index is 1010. The van der Waals surface area contributed by atoms with Crippen molar-refractivity contribution in [1.29, 1.82) is 0 Å². The van der Waals surface area contributed by atoms with E-state index in [0.29, 0.717) is 10.9 Å². The van der Waals surface area contributed by atoms with Crippen LogP contribution in [0.1, 0.15) is 29.1 Å². The van der Waals surface area contributed by atoms with Crippen LogP contribution in [0.15, 0.2) is 29.4 Å². The Morgan fingerprint density at radius 2 is 2.04 bits per heavy atom. The van der Waals surface area contributed by atoms with Crippen LogP contribution in [0.4, 0.5) is 15.2 Å². The summed E-state index contributed by atoms with van der Waals surface area (Å²) in [6.45, 7) is 3.24. The number of anilines is 2. The number of aliphatic imine (C=N–C) groups is 1. The van der Waals surface area contributed by atoms with Crippen molar-refractivity contribution in [3.8, 4) is 0 Å². The Kier molecular flexibility index (Phi) is 5.47. The molecule has 1 aromatic heterocycles. The van der Waals surface area contributed by atoms with Gasteiger partial charge < -0.3 is 15.7 Å². The van der Waals surface area contributed by atoms with Gasteiger partial charge >= 0.3 is 5.97 Å². The second-order valence-electron chi connectivity index (χ2n) is 6.14. The first-order chi connectivity index (χ1) is 13.2. The average Bonchev–Trinajstić information content (AvgIpc) is 3.22. The van der Waals surface area contributed by atoms with E-state index in [1.807, 2.05) is 6.92 Å². The van der Waals surface area contributed by atoms with Crippen LogP contribution < -0.4 is 10.6 Å². The Morgan fingerprint density at radius 3 is 2.68 bits per heavy atom. The molecular weight excluding hydrogens is 407 g/mol. The second-order valence-corrected chi connectivity index (χ2v) is 8.14. The van der Waals surface area contributed by atoms with Crippen LogP contribution in [0.3, 0.4) is 0 Å². The number of thiazole rings is 1. The van der Waals surface area contributed by atoms with Crippen LogP contribution in [0.25, 0.3) is 0 Å². The number of carboxylic acids is 1. The highest BCUT2D eigenvalue weighted by atomic mass is 32.2. The van der Waals surface area contributed by atoms with Gasteiger partial charge in [0, 0.05) is 24.6 Å². The summed E-state index contributed by atoms with van der Waals surface area (Å²) < 4.78 is 13.8. The molecule has 1 aliphatic heterocycles. The molecule has 0 spiro atoms.